The van der Waals surface area contributed by atoms with Crippen molar-refractivity contribution in [3.05, 3.63) is 30.2 Å². The van der Waals surface area contributed by atoms with Gasteiger partial charge in [0.2, 0.25) is 0 Å². The molecule has 2 aromatic heterocycles. The number of nitrogens with zero attached hydrogens (tertiary/aromatic N) is 6. The Hall–Kier alpha value is -2.73. The van der Waals surface area contributed by atoms with Crippen LogP contribution in [0.25, 0.3) is 11.3 Å². The van der Waals surface area contributed by atoms with Crippen LogP contribution in [0.1, 0.15) is 5.69 Å². The van der Waals surface area contributed by atoms with Crippen LogP contribution in [0.2, 0.25) is 0 Å². The summed E-state index contributed by atoms with van der Waals surface area (Å²) >= 11 is 0. The zero-order valence-corrected chi connectivity index (χ0v) is 8.20. The van der Waals surface area contributed by atoms with E-state index in [-0.39, 0.29) is 12.2 Å². The van der Waals surface area contributed by atoms with Crippen molar-refractivity contribution in [2.24, 2.45) is 0 Å². The molecular weight excluding hydrogens is 204 g/mol. The molecule has 2 aromatic rings. The van der Waals surface area contributed by atoms with E-state index in [4.69, 9.17) is 10.5 Å². The van der Waals surface area contributed by atoms with Gasteiger partial charge in [0.15, 0.2) is 5.69 Å². The van der Waals surface area contributed by atoms with Crippen LogP contribution < -0.4 is 0 Å². The second kappa shape index (κ2) is 4.20. The topological polar surface area (TPSA) is 91.2 Å². The monoisotopic (exact) mass is 210 g/mol. The van der Waals surface area contributed by atoms with Gasteiger partial charge in [0.25, 0.3) is 0 Å². The molecular formula is C10H6N6. The van der Waals surface area contributed by atoms with Crippen molar-refractivity contribution in [2.45, 2.75) is 6.54 Å². The van der Waals surface area contributed by atoms with Gasteiger partial charge in [-0.15, -0.1) is 5.10 Å². The molecule has 0 fully saturated rings. The van der Waals surface area contributed by atoms with E-state index in [2.05, 4.69) is 15.3 Å². The largest absolute Gasteiger partial charge is 0.264 e. The normalized spacial score (nSPS) is 9.38. The molecule has 2 heterocycles. The van der Waals surface area contributed by atoms with Crippen molar-refractivity contribution in [1.82, 2.24) is 20.0 Å². The van der Waals surface area contributed by atoms with Crippen molar-refractivity contribution in [1.29, 1.82) is 10.5 Å². The summed E-state index contributed by atoms with van der Waals surface area (Å²) in [7, 11) is 0. The summed E-state index contributed by atoms with van der Waals surface area (Å²) in [6.07, 6.45) is 3.24. The molecule has 0 spiro atoms. The summed E-state index contributed by atoms with van der Waals surface area (Å²) in [5, 5.41) is 25.0. The number of hydrogen-bond donors (Lipinski definition) is 0. The summed E-state index contributed by atoms with van der Waals surface area (Å²) in [6, 6.07) is 7.45. The lowest BCUT2D eigenvalue weighted by atomic mass is 10.2. The summed E-state index contributed by atoms with van der Waals surface area (Å²) in [5.74, 6) is 0. The highest BCUT2D eigenvalue weighted by Crippen LogP contribution is 2.20. The number of nitriles is 2. The minimum atomic E-state index is 0.0545. The van der Waals surface area contributed by atoms with Crippen molar-refractivity contribution in [3.8, 4) is 23.4 Å². The Bertz CT molecular complexity index is 572. The van der Waals surface area contributed by atoms with E-state index in [0.717, 1.165) is 5.56 Å². The number of aromatic nitrogens is 4. The van der Waals surface area contributed by atoms with Crippen molar-refractivity contribution < 1.29 is 0 Å². The Morgan fingerprint density at radius 1 is 1.38 bits per heavy atom. The standard InChI is InChI=1S/C10H6N6/c11-3-5-16-10(9(6-12)14-15-16)8-2-1-4-13-7-8/h1-2,4,7H,5H2. The summed E-state index contributed by atoms with van der Waals surface area (Å²) in [4.78, 5) is 3.96. The van der Waals surface area contributed by atoms with Crippen LogP contribution in [0, 0.1) is 22.7 Å². The van der Waals surface area contributed by atoms with Crippen molar-refractivity contribution in [3.63, 3.8) is 0 Å². The SMILES string of the molecule is N#CCn1nnc(C#N)c1-c1cccnc1. The lowest BCUT2D eigenvalue weighted by Gasteiger charge is -2.01. The van der Waals surface area contributed by atoms with E-state index in [0.29, 0.717) is 5.69 Å². The Morgan fingerprint density at radius 2 is 2.25 bits per heavy atom. The Kier molecular flexibility index (Phi) is 2.57. The Morgan fingerprint density at radius 3 is 2.88 bits per heavy atom. The lowest BCUT2D eigenvalue weighted by molar-refractivity contribution is 0.674. The summed E-state index contributed by atoms with van der Waals surface area (Å²) < 4.78 is 1.38. The lowest BCUT2D eigenvalue weighted by Crippen LogP contribution is -2.01. The smallest absolute Gasteiger partial charge is 0.190 e. The zero-order valence-electron chi connectivity index (χ0n) is 8.20. The average molecular weight is 210 g/mol. The second-order valence-corrected chi connectivity index (χ2v) is 2.96. The van der Waals surface area contributed by atoms with E-state index < -0.39 is 0 Å². The summed E-state index contributed by atoms with van der Waals surface area (Å²) in [5.41, 5.74) is 1.44. The van der Waals surface area contributed by atoms with Crippen LogP contribution in [-0.2, 0) is 6.54 Å². The molecule has 0 aliphatic heterocycles. The van der Waals surface area contributed by atoms with Gasteiger partial charge < -0.3 is 0 Å². The molecule has 6 nitrogen and oxygen atoms in total. The average Bonchev–Trinajstić information content (AvgIpc) is 2.74. The zero-order chi connectivity index (χ0) is 11.4. The third-order valence-electron chi connectivity index (χ3n) is 2.00. The van der Waals surface area contributed by atoms with Gasteiger partial charge in [0.05, 0.1) is 6.07 Å². The molecule has 0 aliphatic carbocycles. The first-order valence-corrected chi connectivity index (χ1v) is 4.47. The highest BCUT2D eigenvalue weighted by atomic mass is 15.4. The highest BCUT2D eigenvalue weighted by molar-refractivity contribution is 5.63. The third-order valence-corrected chi connectivity index (χ3v) is 2.00. The molecule has 6 heteroatoms. The molecule has 0 aliphatic rings. The van der Waals surface area contributed by atoms with Crippen LogP contribution >= 0.6 is 0 Å². The highest BCUT2D eigenvalue weighted by Gasteiger charge is 2.14. The first kappa shape index (κ1) is 9.81. The number of hydrogen-bond acceptors (Lipinski definition) is 5. The van der Waals surface area contributed by atoms with Gasteiger partial charge in [0.1, 0.15) is 18.3 Å². The molecule has 0 saturated heterocycles. The van der Waals surface area contributed by atoms with Crippen LogP contribution in [0.4, 0.5) is 0 Å². The molecule has 0 amide bonds. The minimum absolute atomic E-state index is 0.0545. The van der Waals surface area contributed by atoms with Crippen molar-refractivity contribution >= 4 is 0 Å². The summed E-state index contributed by atoms with van der Waals surface area (Å²) in [6.45, 7) is 0.0545. The van der Waals surface area contributed by atoms with Gasteiger partial charge in [-0.25, -0.2) is 4.68 Å². The van der Waals surface area contributed by atoms with Crippen LogP contribution in [0.15, 0.2) is 24.5 Å². The quantitative estimate of drug-likeness (QED) is 0.728. The molecule has 0 radical (unpaired) electrons. The van der Waals surface area contributed by atoms with E-state index in [1.807, 2.05) is 12.1 Å². The Balaban J connectivity index is 2.59. The van der Waals surface area contributed by atoms with Gasteiger partial charge in [0, 0.05) is 18.0 Å². The second-order valence-electron chi connectivity index (χ2n) is 2.96. The van der Waals surface area contributed by atoms with Gasteiger partial charge in [-0.3, -0.25) is 4.98 Å². The molecule has 16 heavy (non-hydrogen) atoms. The molecule has 0 aromatic carbocycles. The van der Waals surface area contributed by atoms with E-state index >= 15 is 0 Å². The molecule has 0 bridgehead atoms. The fourth-order valence-electron chi connectivity index (χ4n) is 1.35. The molecule has 76 valence electrons. The predicted molar refractivity (Wildman–Crippen MR) is 53.6 cm³/mol. The van der Waals surface area contributed by atoms with Crippen LogP contribution in [0.3, 0.4) is 0 Å². The molecule has 0 unspecified atom stereocenters. The van der Waals surface area contributed by atoms with Gasteiger partial charge >= 0.3 is 0 Å². The molecule has 0 atom stereocenters. The van der Waals surface area contributed by atoms with Crippen LogP contribution in [0.5, 0.6) is 0 Å². The minimum Gasteiger partial charge on any atom is -0.264 e. The van der Waals surface area contributed by atoms with Gasteiger partial charge in [-0.2, -0.15) is 10.5 Å². The Labute approximate surface area is 91.4 Å². The number of rotatable bonds is 2. The molecule has 2 rings (SSSR count). The first-order valence-electron chi connectivity index (χ1n) is 4.47. The van der Waals surface area contributed by atoms with E-state index in [9.17, 15) is 0 Å². The maximum absolute atomic E-state index is 8.89. The maximum atomic E-state index is 8.89. The fraction of sp³-hybridized carbons (Fsp3) is 0.100. The third kappa shape index (κ3) is 1.60. The number of pyridine rings is 1. The van der Waals surface area contributed by atoms with Crippen molar-refractivity contribution in [2.75, 3.05) is 0 Å². The fourth-order valence-corrected chi connectivity index (χ4v) is 1.35. The first-order chi connectivity index (χ1) is 7.86. The predicted octanol–water partition coefficient (Wildman–Crippen LogP) is 0.735. The maximum Gasteiger partial charge on any atom is 0.190 e. The van der Waals surface area contributed by atoms with E-state index in [1.54, 1.807) is 24.5 Å². The molecule has 0 N–H and O–H groups in total. The van der Waals surface area contributed by atoms with E-state index in [1.165, 1.54) is 4.68 Å². The van der Waals surface area contributed by atoms with Crippen LogP contribution in [-0.4, -0.2) is 20.0 Å². The molecule has 0 saturated carbocycles. The van der Waals surface area contributed by atoms with Gasteiger partial charge in [-0.05, 0) is 12.1 Å². The van der Waals surface area contributed by atoms with Gasteiger partial charge in [-0.1, -0.05) is 5.21 Å².